The number of nitrogens with two attached hydrogens (primary N) is 1. The van der Waals surface area contributed by atoms with Crippen molar-refractivity contribution in [3.8, 4) is 11.1 Å². The van der Waals surface area contributed by atoms with Gasteiger partial charge >= 0.3 is 5.92 Å². The summed E-state index contributed by atoms with van der Waals surface area (Å²) in [7, 11) is 1.42. The normalized spacial score (nSPS) is 18.3. The summed E-state index contributed by atoms with van der Waals surface area (Å²) in [5, 5.41) is 8.67. The second-order valence-corrected chi connectivity index (χ2v) is 11.7. The average molecular weight is 731 g/mol. The van der Waals surface area contributed by atoms with Crippen LogP contribution in [0.15, 0.2) is 59.0 Å². The molecule has 0 spiro atoms. The third kappa shape index (κ3) is 8.13. The number of primary amides is 1. The number of anilines is 1. The Balaban J connectivity index is 1.60. The zero-order valence-corrected chi connectivity index (χ0v) is 26.5. The van der Waals surface area contributed by atoms with Crippen LogP contribution in [0.2, 0.25) is 0 Å². The van der Waals surface area contributed by atoms with Crippen LogP contribution in [0.3, 0.4) is 0 Å². The summed E-state index contributed by atoms with van der Waals surface area (Å²) in [5.41, 5.74) is 1.62. The molecule has 0 radical (unpaired) electrons. The van der Waals surface area contributed by atoms with Crippen molar-refractivity contribution in [3.05, 3.63) is 88.1 Å². The molecule has 0 fully saturated rings. The minimum absolute atomic E-state index is 0.0315. The van der Waals surface area contributed by atoms with Crippen molar-refractivity contribution in [2.75, 3.05) is 32.1 Å². The third-order valence-electron chi connectivity index (χ3n) is 8.08. The van der Waals surface area contributed by atoms with E-state index in [1.807, 2.05) is 0 Å². The Morgan fingerprint density at radius 1 is 1.04 bits per heavy atom. The van der Waals surface area contributed by atoms with Crippen LogP contribution in [-0.4, -0.2) is 77.6 Å². The number of ether oxygens (including phenoxy) is 1. The molecule has 2 aliphatic rings. The van der Waals surface area contributed by atoms with Gasteiger partial charge in [-0.1, -0.05) is 10.8 Å². The number of amides is 2. The maximum absolute atomic E-state index is 15.0. The molecule has 1 aliphatic heterocycles. The Kier molecular flexibility index (Phi) is 10.7. The number of hydrogen-bond donors (Lipinski definition) is 3. The van der Waals surface area contributed by atoms with Gasteiger partial charge in [0.1, 0.15) is 23.0 Å². The van der Waals surface area contributed by atoms with Gasteiger partial charge in [0.25, 0.3) is 36.4 Å². The fourth-order valence-electron chi connectivity index (χ4n) is 5.85. The van der Waals surface area contributed by atoms with Crippen molar-refractivity contribution >= 4 is 17.8 Å². The molecule has 10 nitrogen and oxygen atoms in total. The molecule has 2 heterocycles. The van der Waals surface area contributed by atoms with Crippen molar-refractivity contribution in [1.29, 1.82) is 0 Å². The van der Waals surface area contributed by atoms with Crippen molar-refractivity contribution in [3.63, 3.8) is 0 Å². The molecule has 4 N–H and O–H groups in total. The second kappa shape index (κ2) is 14.7. The standard InChI is InChI=1S/C32H28F9N7O3/c1-51-7-6-43-30-44-13-20(16-2-3-21(35)19(11-16)29(42)50)25(46-30)22(10-15-8-17(33)12-18(34)9-15)45-23(49)14-48-27-24(26(47-48)28(36)37)31(38,39)4-5-32(27,40)41/h2-3,8-9,11-13,22,26,28H,4-7,10,14H2,1H3,(H3-,42,43,44,45,46,49,50)/p+1/t22-,26?/m0/s1. The number of azo groups is 2. The van der Waals surface area contributed by atoms with E-state index < -0.39 is 102 Å². The molecular formula is C32H29F9N7O3+. The number of nitrogens with one attached hydrogen (secondary N) is 2. The van der Waals surface area contributed by atoms with E-state index in [2.05, 4.69) is 25.7 Å². The number of aromatic nitrogens is 2. The van der Waals surface area contributed by atoms with Crippen LogP contribution in [-0.2, 0) is 16.0 Å². The van der Waals surface area contributed by atoms with E-state index >= 15 is 8.78 Å². The molecule has 0 bridgehead atoms. The summed E-state index contributed by atoms with van der Waals surface area (Å²) in [6, 6.07) is 1.53. The van der Waals surface area contributed by atoms with Gasteiger partial charge in [-0.2, -0.15) is 8.78 Å². The highest BCUT2D eigenvalue weighted by molar-refractivity contribution is 5.94. The number of alkyl halides is 6. The van der Waals surface area contributed by atoms with Gasteiger partial charge in [-0.25, -0.2) is 40.7 Å². The third-order valence-corrected chi connectivity index (χ3v) is 8.08. The van der Waals surface area contributed by atoms with E-state index in [0.29, 0.717) is 6.07 Å². The van der Waals surface area contributed by atoms with E-state index in [9.17, 15) is 40.3 Å². The Bertz CT molecular complexity index is 1890. The average Bonchev–Trinajstić information content (AvgIpc) is 3.45. The summed E-state index contributed by atoms with van der Waals surface area (Å²) in [6.07, 6.45) is -5.66. The van der Waals surface area contributed by atoms with E-state index in [-0.39, 0.29) is 46.2 Å². The van der Waals surface area contributed by atoms with Gasteiger partial charge in [0.2, 0.25) is 12.0 Å². The lowest BCUT2D eigenvalue weighted by Crippen LogP contribution is -2.42. The molecule has 5 rings (SSSR count). The van der Waals surface area contributed by atoms with Crippen LogP contribution in [0, 0.1) is 17.5 Å². The summed E-state index contributed by atoms with van der Waals surface area (Å²) in [5.74, 6) is -13.5. The van der Waals surface area contributed by atoms with Gasteiger partial charge < -0.3 is 21.1 Å². The van der Waals surface area contributed by atoms with Crippen molar-refractivity contribution in [2.45, 2.75) is 49.6 Å². The summed E-state index contributed by atoms with van der Waals surface area (Å²) in [4.78, 5) is 34.1. The van der Waals surface area contributed by atoms with Crippen LogP contribution in [0.25, 0.3) is 11.1 Å². The number of carbonyl (C=O) groups is 2. The SMILES string of the molecule is COCCNc1ncc(-c2ccc(F)c(C(N)=O)c2)c([C@H](Cc2cc(F)cc(F)c2)NC(=O)C[N+]2=NC(C(F)F)C3=C2C(F)(F)CCC3(F)F)n1. The lowest BCUT2D eigenvalue weighted by molar-refractivity contribution is -0.549. The molecule has 272 valence electrons. The van der Waals surface area contributed by atoms with Gasteiger partial charge in [-0.3, -0.25) is 9.59 Å². The Morgan fingerprint density at radius 2 is 1.73 bits per heavy atom. The van der Waals surface area contributed by atoms with Crippen LogP contribution >= 0.6 is 0 Å². The minimum atomic E-state index is -4.06. The quantitative estimate of drug-likeness (QED) is 0.120. The second-order valence-electron chi connectivity index (χ2n) is 11.7. The Morgan fingerprint density at radius 3 is 2.37 bits per heavy atom. The van der Waals surface area contributed by atoms with E-state index in [1.165, 1.54) is 19.4 Å². The van der Waals surface area contributed by atoms with Crippen molar-refractivity contribution in [1.82, 2.24) is 15.3 Å². The van der Waals surface area contributed by atoms with Gasteiger partial charge in [-0.05, 0) is 46.9 Å². The summed E-state index contributed by atoms with van der Waals surface area (Å²) in [6.45, 7) is -0.894. The number of hydrogen-bond acceptors (Lipinski definition) is 7. The smallest absolute Gasteiger partial charge is 0.332 e. The molecule has 19 heteroatoms. The summed E-state index contributed by atoms with van der Waals surface area (Å²) >= 11 is 0. The highest BCUT2D eigenvalue weighted by Crippen LogP contribution is 2.51. The molecule has 2 atom stereocenters. The molecule has 0 saturated carbocycles. The van der Waals surface area contributed by atoms with E-state index in [1.54, 1.807) is 0 Å². The monoisotopic (exact) mass is 730 g/mol. The van der Waals surface area contributed by atoms with Crippen LogP contribution in [0.5, 0.6) is 0 Å². The fourth-order valence-corrected chi connectivity index (χ4v) is 5.85. The molecule has 51 heavy (non-hydrogen) atoms. The van der Waals surface area contributed by atoms with E-state index in [0.717, 1.165) is 24.3 Å². The first kappa shape index (κ1) is 37.2. The minimum Gasteiger partial charge on any atom is -0.383 e. The van der Waals surface area contributed by atoms with Gasteiger partial charge in [0, 0.05) is 44.3 Å². The molecule has 1 aromatic heterocycles. The Labute approximate surface area is 283 Å². The maximum atomic E-state index is 15.0. The van der Waals surface area contributed by atoms with Gasteiger partial charge in [0.05, 0.1) is 23.9 Å². The number of nitrogens with zero attached hydrogens (tertiary/aromatic N) is 4. The first-order valence-corrected chi connectivity index (χ1v) is 15.2. The van der Waals surface area contributed by atoms with Crippen molar-refractivity contribution < 1.29 is 58.5 Å². The number of rotatable bonds is 13. The van der Waals surface area contributed by atoms with Crippen LogP contribution in [0.1, 0.15) is 40.5 Å². The number of methoxy groups -OCH3 is 1. The lowest BCUT2D eigenvalue weighted by Gasteiger charge is -2.27. The largest absolute Gasteiger partial charge is 0.383 e. The number of carbonyl (C=O) groups excluding carboxylic acids is 2. The molecule has 2 amide bonds. The first-order valence-electron chi connectivity index (χ1n) is 15.2. The topological polar surface area (TPSA) is 135 Å². The zero-order chi connectivity index (χ0) is 37.2. The molecule has 1 aliphatic carbocycles. The highest BCUT2D eigenvalue weighted by Gasteiger charge is 2.64. The predicted octanol–water partition coefficient (Wildman–Crippen LogP) is 5.55. The van der Waals surface area contributed by atoms with E-state index in [4.69, 9.17) is 10.5 Å². The summed E-state index contributed by atoms with van der Waals surface area (Å²) < 4.78 is 135. The number of allylic oxidation sites excluding steroid dienone is 1. The fraction of sp³-hybridized carbons (Fsp3) is 0.375. The van der Waals surface area contributed by atoms with Crippen LogP contribution in [0.4, 0.5) is 45.5 Å². The molecule has 0 saturated heterocycles. The number of benzene rings is 2. The molecule has 1 unspecified atom stereocenters. The first-order chi connectivity index (χ1) is 24.0. The van der Waals surface area contributed by atoms with Crippen LogP contribution < -0.4 is 16.4 Å². The lowest BCUT2D eigenvalue weighted by atomic mass is 9.86. The highest BCUT2D eigenvalue weighted by atomic mass is 19.3. The molecular weight excluding hydrogens is 701 g/mol. The number of halogens is 9. The molecule has 2 aromatic carbocycles. The zero-order valence-electron chi connectivity index (χ0n) is 26.5. The van der Waals surface area contributed by atoms with Crippen molar-refractivity contribution in [2.24, 2.45) is 10.8 Å². The van der Waals surface area contributed by atoms with Gasteiger partial charge in [0.15, 0.2) is 0 Å². The van der Waals surface area contributed by atoms with Gasteiger partial charge in [-0.15, -0.1) is 0 Å². The predicted molar refractivity (Wildman–Crippen MR) is 161 cm³/mol. The molecule has 3 aromatic rings. The Hall–Kier alpha value is -5.07. The maximum Gasteiger partial charge on any atom is 0.332 e.